The standard InChI is InChI=1S/C17H24N2.ClH/c1-2-3-4-5-7-13-19-14-8-6-11-17(19)16-10-9-12-18-15-16;/h9-10,12,15,17H,2-4,6,8,11,13-14H2,1H3;1H/t17-;/m1./s1. The topological polar surface area (TPSA) is 16.1 Å². The second-order valence-electron chi connectivity index (χ2n) is 5.23. The van der Waals surface area contributed by atoms with Crippen LogP contribution in [0.15, 0.2) is 24.5 Å². The van der Waals surface area contributed by atoms with Crippen molar-refractivity contribution in [2.45, 2.75) is 51.5 Å². The maximum atomic E-state index is 4.25. The van der Waals surface area contributed by atoms with E-state index in [2.05, 4.69) is 34.7 Å². The highest BCUT2D eigenvalue weighted by Gasteiger charge is 2.22. The van der Waals surface area contributed by atoms with Crippen LogP contribution in [0.1, 0.15) is 57.1 Å². The Hall–Kier alpha value is -1.04. The normalized spacial score (nSPS) is 18.8. The molecule has 0 amide bonds. The highest BCUT2D eigenvalue weighted by molar-refractivity contribution is 5.85. The smallest absolute Gasteiger partial charge is 0.0606 e. The molecule has 3 heteroatoms. The molecule has 20 heavy (non-hydrogen) atoms. The zero-order valence-corrected chi connectivity index (χ0v) is 13.2. The van der Waals surface area contributed by atoms with Gasteiger partial charge in [-0.15, -0.1) is 18.3 Å². The molecule has 0 aromatic carbocycles. The van der Waals surface area contributed by atoms with Gasteiger partial charge in [0.05, 0.1) is 6.54 Å². The third-order valence-corrected chi connectivity index (χ3v) is 3.75. The Balaban J connectivity index is 0.00000200. The fourth-order valence-electron chi connectivity index (χ4n) is 2.64. The molecule has 1 aliphatic heterocycles. The van der Waals surface area contributed by atoms with Crippen molar-refractivity contribution in [3.63, 3.8) is 0 Å². The van der Waals surface area contributed by atoms with Crippen molar-refractivity contribution < 1.29 is 0 Å². The van der Waals surface area contributed by atoms with Gasteiger partial charge in [0.15, 0.2) is 0 Å². The van der Waals surface area contributed by atoms with Crippen LogP contribution in [0.3, 0.4) is 0 Å². The molecule has 0 radical (unpaired) electrons. The van der Waals surface area contributed by atoms with Crippen molar-refractivity contribution in [2.24, 2.45) is 0 Å². The summed E-state index contributed by atoms with van der Waals surface area (Å²) in [6, 6.07) is 4.75. The molecule has 2 heterocycles. The van der Waals surface area contributed by atoms with E-state index in [1.54, 1.807) is 0 Å². The first-order chi connectivity index (χ1) is 9.42. The van der Waals surface area contributed by atoms with E-state index in [1.807, 2.05) is 18.5 Å². The Morgan fingerprint density at radius 1 is 1.35 bits per heavy atom. The van der Waals surface area contributed by atoms with E-state index < -0.39 is 0 Å². The Labute approximate surface area is 129 Å². The number of hydrogen-bond donors (Lipinski definition) is 0. The summed E-state index contributed by atoms with van der Waals surface area (Å²) in [5.41, 5.74) is 1.34. The third-order valence-electron chi connectivity index (χ3n) is 3.75. The van der Waals surface area contributed by atoms with Crippen LogP contribution in [-0.4, -0.2) is 23.0 Å². The monoisotopic (exact) mass is 292 g/mol. The van der Waals surface area contributed by atoms with E-state index in [0.29, 0.717) is 6.04 Å². The number of aromatic nitrogens is 1. The quantitative estimate of drug-likeness (QED) is 0.610. The molecular weight excluding hydrogens is 268 g/mol. The molecule has 1 atom stereocenters. The van der Waals surface area contributed by atoms with Crippen LogP contribution < -0.4 is 0 Å². The van der Waals surface area contributed by atoms with E-state index >= 15 is 0 Å². The van der Waals surface area contributed by atoms with E-state index in [9.17, 15) is 0 Å². The predicted molar refractivity (Wildman–Crippen MR) is 87.0 cm³/mol. The summed E-state index contributed by atoms with van der Waals surface area (Å²) in [4.78, 5) is 6.77. The molecule has 0 spiro atoms. The van der Waals surface area contributed by atoms with Crippen LogP contribution >= 0.6 is 12.4 Å². The molecule has 1 aliphatic rings. The lowest BCUT2D eigenvalue weighted by Crippen LogP contribution is -2.33. The molecule has 2 nitrogen and oxygen atoms in total. The maximum Gasteiger partial charge on any atom is 0.0606 e. The number of halogens is 1. The Morgan fingerprint density at radius 2 is 2.25 bits per heavy atom. The van der Waals surface area contributed by atoms with Gasteiger partial charge in [-0.3, -0.25) is 9.88 Å². The number of hydrogen-bond acceptors (Lipinski definition) is 2. The van der Waals surface area contributed by atoms with Gasteiger partial charge in [-0.2, -0.15) is 0 Å². The lowest BCUT2D eigenvalue weighted by atomic mass is 9.96. The van der Waals surface area contributed by atoms with Gasteiger partial charge in [-0.25, -0.2) is 0 Å². The third kappa shape index (κ3) is 5.15. The Bertz CT molecular complexity index is 422. The zero-order valence-electron chi connectivity index (χ0n) is 12.3. The van der Waals surface area contributed by atoms with Gasteiger partial charge in [0, 0.05) is 24.9 Å². The Morgan fingerprint density at radius 3 is 3.00 bits per heavy atom. The molecule has 0 N–H and O–H groups in total. The molecule has 0 aliphatic carbocycles. The van der Waals surface area contributed by atoms with Crippen molar-refractivity contribution in [3.8, 4) is 11.8 Å². The van der Waals surface area contributed by atoms with Crippen molar-refractivity contribution in [1.82, 2.24) is 9.88 Å². The van der Waals surface area contributed by atoms with Gasteiger partial charge in [-0.05, 0) is 37.4 Å². The van der Waals surface area contributed by atoms with Gasteiger partial charge in [0.1, 0.15) is 0 Å². The number of pyridine rings is 1. The minimum absolute atomic E-state index is 0. The summed E-state index contributed by atoms with van der Waals surface area (Å²) in [7, 11) is 0. The van der Waals surface area contributed by atoms with E-state index in [1.165, 1.54) is 44.2 Å². The summed E-state index contributed by atoms with van der Waals surface area (Å²) in [6.45, 7) is 4.29. The summed E-state index contributed by atoms with van der Waals surface area (Å²) in [5.74, 6) is 6.64. The van der Waals surface area contributed by atoms with Gasteiger partial charge >= 0.3 is 0 Å². The van der Waals surface area contributed by atoms with Crippen molar-refractivity contribution >= 4 is 12.4 Å². The number of unbranched alkanes of at least 4 members (excludes halogenated alkanes) is 2. The lowest BCUT2D eigenvalue weighted by molar-refractivity contribution is 0.169. The number of rotatable bonds is 4. The molecule has 1 saturated heterocycles. The first-order valence-corrected chi connectivity index (χ1v) is 7.51. The van der Waals surface area contributed by atoms with Gasteiger partial charge in [0.25, 0.3) is 0 Å². The van der Waals surface area contributed by atoms with Crippen LogP contribution in [0.25, 0.3) is 0 Å². The average Bonchev–Trinajstić information content (AvgIpc) is 2.48. The van der Waals surface area contributed by atoms with Gasteiger partial charge in [-0.1, -0.05) is 31.8 Å². The minimum Gasteiger partial charge on any atom is -0.285 e. The molecular formula is C17H25ClN2. The van der Waals surface area contributed by atoms with Crippen LogP contribution in [0.5, 0.6) is 0 Å². The van der Waals surface area contributed by atoms with E-state index in [0.717, 1.165) is 13.0 Å². The first kappa shape index (κ1) is 17.0. The summed E-state index contributed by atoms with van der Waals surface area (Å²) in [5, 5.41) is 0. The largest absolute Gasteiger partial charge is 0.285 e. The second-order valence-corrected chi connectivity index (χ2v) is 5.23. The fraction of sp³-hybridized carbons (Fsp3) is 0.588. The number of nitrogens with zero attached hydrogens (tertiary/aromatic N) is 2. The lowest BCUT2D eigenvalue weighted by Gasteiger charge is -2.34. The molecule has 1 fully saturated rings. The molecule has 2 rings (SSSR count). The van der Waals surface area contributed by atoms with Crippen molar-refractivity contribution in [1.29, 1.82) is 0 Å². The van der Waals surface area contributed by atoms with Gasteiger partial charge in [0.2, 0.25) is 0 Å². The minimum atomic E-state index is 0. The predicted octanol–water partition coefficient (Wildman–Crippen LogP) is 4.22. The maximum absolute atomic E-state index is 4.25. The summed E-state index contributed by atoms with van der Waals surface area (Å²) in [6.07, 6.45) is 11.2. The fourth-order valence-corrected chi connectivity index (χ4v) is 2.64. The molecule has 0 unspecified atom stereocenters. The SMILES string of the molecule is CCCCC#CCN1CCCC[C@@H]1c1cccnc1.Cl. The molecule has 1 aromatic heterocycles. The van der Waals surface area contributed by atoms with Crippen molar-refractivity contribution in [3.05, 3.63) is 30.1 Å². The number of likely N-dealkylation sites (tertiary alicyclic amines) is 1. The first-order valence-electron chi connectivity index (χ1n) is 7.51. The highest BCUT2D eigenvalue weighted by atomic mass is 35.5. The average molecular weight is 293 g/mol. The van der Waals surface area contributed by atoms with Crippen LogP contribution in [-0.2, 0) is 0 Å². The molecule has 1 aromatic rings. The molecule has 110 valence electrons. The highest BCUT2D eigenvalue weighted by Crippen LogP contribution is 2.29. The Kier molecular flexibility index (Phi) is 8.34. The van der Waals surface area contributed by atoms with Crippen LogP contribution in [0.2, 0.25) is 0 Å². The number of piperidine rings is 1. The van der Waals surface area contributed by atoms with Crippen molar-refractivity contribution in [2.75, 3.05) is 13.1 Å². The molecule has 0 saturated carbocycles. The zero-order chi connectivity index (χ0) is 13.3. The van der Waals surface area contributed by atoms with E-state index in [-0.39, 0.29) is 12.4 Å². The molecule has 0 bridgehead atoms. The second kappa shape index (κ2) is 9.80. The van der Waals surface area contributed by atoms with E-state index in [4.69, 9.17) is 0 Å². The van der Waals surface area contributed by atoms with Gasteiger partial charge < -0.3 is 0 Å². The van der Waals surface area contributed by atoms with Crippen LogP contribution in [0, 0.1) is 11.8 Å². The summed E-state index contributed by atoms with van der Waals surface area (Å²) >= 11 is 0. The van der Waals surface area contributed by atoms with Crippen LogP contribution in [0.4, 0.5) is 0 Å². The summed E-state index contributed by atoms with van der Waals surface area (Å²) < 4.78 is 0.